The zero-order chi connectivity index (χ0) is 14.7. The third-order valence-electron chi connectivity index (χ3n) is 2.99. The Morgan fingerprint density at radius 3 is 2.60 bits per heavy atom. The second kappa shape index (κ2) is 6.21. The van der Waals surface area contributed by atoms with Crippen molar-refractivity contribution in [2.24, 2.45) is 7.05 Å². The van der Waals surface area contributed by atoms with Crippen LogP contribution in [0, 0.1) is 13.8 Å². The number of carbonyl (C=O) groups is 1. The molecular formula is C13H18BrN5O. The van der Waals surface area contributed by atoms with Gasteiger partial charge in [-0.3, -0.25) is 14.2 Å². The maximum Gasteiger partial charge on any atom is 0.254 e. The van der Waals surface area contributed by atoms with Crippen LogP contribution in [0.3, 0.4) is 0 Å². The average Bonchev–Trinajstić information content (AvgIpc) is 2.88. The Balaban J connectivity index is 1.78. The number of hydrogen-bond acceptors (Lipinski definition) is 3. The summed E-state index contributed by atoms with van der Waals surface area (Å²) in [6.45, 7) is 5.18. The van der Waals surface area contributed by atoms with Gasteiger partial charge in [-0.15, -0.1) is 0 Å². The summed E-state index contributed by atoms with van der Waals surface area (Å²) in [5, 5.41) is 11.4. The maximum absolute atomic E-state index is 12.0. The van der Waals surface area contributed by atoms with Crippen LogP contribution in [0.15, 0.2) is 16.9 Å². The zero-order valence-corrected chi connectivity index (χ0v) is 13.4. The SMILES string of the molecule is Cc1nn(CCCNC(=O)c2cn(C)nc2C)cc1Br. The third-order valence-corrected chi connectivity index (χ3v) is 3.77. The van der Waals surface area contributed by atoms with Gasteiger partial charge in [-0.05, 0) is 36.2 Å². The second-order valence-electron chi connectivity index (χ2n) is 4.74. The topological polar surface area (TPSA) is 64.7 Å². The van der Waals surface area contributed by atoms with Gasteiger partial charge in [-0.2, -0.15) is 10.2 Å². The van der Waals surface area contributed by atoms with Gasteiger partial charge in [-0.1, -0.05) is 0 Å². The van der Waals surface area contributed by atoms with Crippen molar-refractivity contribution in [2.45, 2.75) is 26.8 Å². The molecule has 6 nitrogen and oxygen atoms in total. The number of hydrogen-bond donors (Lipinski definition) is 1. The normalized spacial score (nSPS) is 10.8. The Bertz CT molecular complexity index is 597. The van der Waals surface area contributed by atoms with Gasteiger partial charge in [0.05, 0.1) is 21.4 Å². The van der Waals surface area contributed by atoms with E-state index in [0.29, 0.717) is 12.1 Å². The highest BCUT2D eigenvalue weighted by molar-refractivity contribution is 9.10. The molecule has 1 N–H and O–H groups in total. The van der Waals surface area contributed by atoms with Crippen LogP contribution in [0.4, 0.5) is 0 Å². The van der Waals surface area contributed by atoms with Crippen molar-refractivity contribution in [2.75, 3.05) is 6.54 Å². The van der Waals surface area contributed by atoms with E-state index in [1.165, 1.54) is 0 Å². The van der Waals surface area contributed by atoms with E-state index in [-0.39, 0.29) is 5.91 Å². The van der Waals surface area contributed by atoms with Crippen molar-refractivity contribution in [3.05, 3.63) is 33.8 Å². The van der Waals surface area contributed by atoms with Crippen molar-refractivity contribution in [1.82, 2.24) is 24.9 Å². The largest absolute Gasteiger partial charge is 0.352 e. The third kappa shape index (κ3) is 3.47. The Morgan fingerprint density at radius 1 is 1.30 bits per heavy atom. The molecule has 0 aliphatic carbocycles. The monoisotopic (exact) mass is 339 g/mol. The van der Waals surface area contributed by atoms with Gasteiger partial charge in [0, 0.05) is 32.5 Å². The van der Waals surface area contributed by atoms with Crippen LogP contribution in [-0.4, -0.2) is 32.0 Å². The molecule has 0 saturated carbocycles. The predicted octanol–water partition coefficient (Wildman–Crippen LogP) is 1.82. The standard InChI is InChI=1S/C13H18BrN5O/c1-9-11(7-18(3)16-9)13(20)15-5-4-6-19-8-12(14)10(2)17-19/h7-8H,4-6H2,1-3H3,(H,15,20). The number of aryl methyl sites for hydroxylation is 4. The van der Waals surface area contributed by atoms with Gasteiger partial charge in [0.2, 0.25) is 0 Å². The number of rotatable bonds is 5. The molecule has 2 aromatic heterocycles. The lowest BCUT2D eigenvalue weighted by molar-refractivity contribution is 0.0952. The van der Waals surface area contributed by atoms with Gasteiger partial charge in [0.25, 0.3) is 5.91 Å². The summed E-state index contributed by atoms with van der Waals surface area (Å²) in [6, 6.07) is 0. The van der Waals surface area contributed by atoms with Crippen molar-refractivity contribution in [1.29, 1.82) is 0 Å². The number of nitrogens with one attached hydrogen (secondary N) is 1. The molecule has 0 spiro atoms. The Morgan fingerprint density at radius 2 is 2.05 bits per heavy atom. The van der Waals surface area contributed by atoms with E-state index in [1.807, 2.05) is 31.8 Å². The number of aromatic nitrogens is 4. The fourth-order valence-electron chi connectivity index (χ4n) is 1.97. The van der Waals surface area contributed by atoms with Crippen LogP contribution in [-0.2, 0) is 13.6 Å². The molecule has 2 rings (SSSR count). The minimum Gasteiger partial charge on any atom is -0.352 e. The molecule has 0 aromatic carbocycles. The molecule has 0 radical (unpaired) electrons. The minimum absolute atomic E-state index is 0.0755. The number of nitrogens with zero attached hydrogens (tertiary/aromatic N) is 4. The van der Waals surface area contributed by atoms with Gasteiger partial charge in [-0.25, -0.2) is 0 Å². The van der Waals surface area contributed by atoms with Crippen LogP contribution in [0.25, 0.3) is 0 Å². The summed E-state index contributed by atoms with van der Waals surface area (Å²) in [4.78, 5) is 12.0. The molecule has 0 bridgehead atoms. The molecule has 1 amide bonds. The van der Waals surface area contributed by atoms with Gasteiger partial charge < -0.3 is 5.32 Å². The Hall–Kier alpha value is -1.63. The van der Waals surface area contributed by atoms with E-state index in [1.54, 1.807) is 10.9 Å². The molecular weight excluding hydrogens is 322 g/mol. The van der Waals surface area contributed by atoms with Crippen LogP contribution in [0.2, 0.25) is 0 Å². The van der Waals surface area contributed by atoms with E-state index in [0.717, 1.165) is 28.8 Å². The molecule has 0 saturated heterocycles. The minimum atomic E-state index is -0.0755. The highest BCUT2D eigenvalue weighted by atomic mass is 79.9. The van der Waals surface area contributed by atoms with Crippen LogP contribution >= 0.6 is 15.9 Å². The molecule has 2 aromatic rings. The second-order valence-corrected chi connectivity index (χ2v) is 5.59. The maximum atomic E-state index is 12.0. The van der Waals surface area contributed by atoms with Crippen molar-refractivity contribution in [3.63, 3.8) is 0 Å². The number of amides is 1. The van der Waals surface area contributed by atoms with Crippen molar-refractivity contribution < 1.29 is 4.79 Å². The summed E-state index contributed by atoms with van der Waals surface area (Å²) in [6.07, 6.45) is 4.51. The molecule has 0 aliphatic rings. The lowest BCUT2D eigenvalue weighted by Gasteiger charge is -2.04. The summed E-state index contributed by atoms with van der Waals surface area (Å²) >= 11 is 3.43. The lowest BCUT2D eigenvalue weighted by atomic mass is 10.2. The smallest absolute Gasteiger partial charge is 0.254 e. The molecule has 0 fully saturated rings. The summed E-state index contributed by atoms with van der Waals surface area (Å²) in [7, 11) is 1.81. The van der Waals surface area contributed by atoms with Crippen LogP contribution in [0.1, 0.15) is 28.2 Å². The summed E-state index contributed by atoms with van der Waals surface area (Å²) in [5.74, 6) is -0.0755. The Labute approximate surface area is 126 Å². The van der Waals surface area contributed by atoms with Gasteiger partial charge in [0.15, 0.2) is 0 Å². The fourth-order valence-corrected chi connectivity index (χ4v) is 2.28. The molecule has 0 atom stereocenters. The van der Waals surface area contributed by atoms with Gasteiger partial charge >= 0.3 is 0 Å². The molecule has 108 valence electrons. The lowest BCUT2D eigenvalue weighted by Crippen LogP contribution is -2.25. The molecule has 20 heavy (non-hydrogen) atoms. The number of halogens is 1. The summed E-state index contributed by atoms with van der Waals surface area (Å²) < 4.78 is 4.53. The number of carbonyl (C=O) groups excluding carboxylic acids is 1. The fraction of sp³-hybridized carbons (Fsp3) is 0.462. The van der Waals surface area contributed by atoms with E-state index in [9.17, 15) is 4.79 Å². The first-order valence-corrected chi connectivity index (χ1v) is 7.24. The summed E-state index contributed by atoms with van der Waals surface area (Å²) in [5.41, 5.74) is 2.35. The predicted molar refractivity (Wildman–Crippen MR) is 79.6 cm³/mol. The van der Waals surface area contributed by atoms with Gasteiger partial charge in [0.1, 0.15) is 0 Å². The molecule has 2 heterocycles. The van der Waals surface area contributed by atoms with Crippen molar-refractivity contribution >= 4 is 21.8 Å². The molecule has 7 heteroatoms. The quantitative estimate of drug-likeness (QED) is 0.845. The van der Waals surface area contributed by atoms with Crippen LogP contribution in [0.5, 0.6) is 0 Å². The first kappa shape index (κ1) is 14.8. The van der Waals surface area contributed by atoms with E-state index < -0.39 is 0 Å². The highest BCUT2D eigenvalue weighted by Gasteiger charge is 2.11. The Kier molecular flexibility index (Phi) is 4.59. The molecule has 0 unspecified atom stereocenters. The average molecular weight is 340 g/mol. The first-order valence-electron chi connectivity index (χ1n) is 6.45. The first-order chi connectivity index (χ1) is 9.47. The molecule has 0 aliphatic heterocycles. The van der Waals surface area contributed by atoms with E-state index in [4.69, 9.17) is 0 Å². The van der Waals surface area contributed by atoms with E-state index >= 15 is 0 Å². The van der Waals surface area contributed by atoms with Crippen molar-refractivity contribution in [3.8, 4) is 0 Å². The zero-order valence-electron chi connectivity index (χ0n) is 11.9. The van der Waals surface area contributed by atoms with Crippen LogP contribution < -0.4 is 5.32 Å². The van der Waals surface area contributed by atoms with E-state index in [2.05, 4.69) is 31.4 Å². The highest BCUT2D eigenvalue weighted by Crippen LogP contribution is 2.13.